The van der Waals surface area contributed by atoms with E-state index in [0.29, 0.717) is 16.7 Å². The summed E-state index contributed by atoms with van der Waals surface area (Å²) < 4.78 is 35.6. The Kier molecular flexibility index (Phi) is 10.7. The highest BCUT2D eigenvalue weighted by molar-refractivity contribution is 6.10. The van der Waals surface area contributed by atoms with Crippen molar-refractivity contribution < 1.29 is 32.7 Å². The van der Waals surface area contributed by atoms with E-state index in [-0.39, 0.29) is 24.5 Å². The van der Waals surface area contributed by atoms with Gasteiger partial charge in [-0.3, -0.25) is 29.1 Å². The molecule has 238 valence electrons. The van der Waals surface area contributed by atoms with Gasteiger partial charge in [0.2, 0.25) is 11.7 Å². The molecule has 0 saturated heterocycles. The summed E-state index contributed by atoms with van der Waals surface area (Å²) in [4.78, 5) is 68.6. The molecule has 0 radical (unpaired) electrons. The molecule has 0 saturated carbocycles. The summed E-state index contributed by atoms with van der Waals surface area (Å²) in [5.41, 5.74) is 1.26. The molecule has 3 N–H and O–H groups in total. The fourth-order valence-corrected chi connectivity index (χ4v) is 4.54. The quantitative estimate of drug-likeness (QED) is 0.202. The number of anilines is 1. The average molecular weight is 632 g/mol. The van der Waals surface area contributed by atoms with Crippen LogP contribution in [0.4, 0.5) is 19.3 Å². The number of nitrogens with zero attached hydrogens (tertiary/aromatic N) is 2. The number of aromatic nitrogens is 2. The molecule has 0 spiro atoms. The molecule has 1 atom stereocenters. The third-order valence-corrected chi connectivity index (χ3v) is 6.83. The Morgan fingerprint density at radius 3 is 2.22 bits per heavy atom. The number of carbonyl (C=O) groups is 4. The largest absolute Gasteiger partial charge is 0.444 e. The van der Waals surface area contributed by atoms with E-state index in [1.807, 2.05) is 13.0 Å². The van der Waals surface area contributed by atoms with Gasteiger partial charge in [-0.15, -0.1) is 0 Å². The zero-order chi connectivity index (χ0) is 33.3. The van der Waals surface area contributed by atoms with Crippen LogP contribution in [-0.2, 0) is 38.7 Å². The number of Topliss-reactive ketones (excluding diaryl/α,β-unsaturated/α-hetero) is 1. The SMILES string of the molecule is CNC(=O)C(F)(F)C(=O)C(Cc1ccccc1)NC(=O)Cn1c(-c2cccc(C)c2)ncc(NC(=O)OCc2ccccc2)c1=O. The van der Waals surface area contributed by atoms with Crippen LogP contribution in [0.15, 0.2) is 95.9 Å². The van der Waals surface area contributed by atoms with E-state index in [9.17, 15) is 32.8 Å². The molecule has 0 fully saturated rings. The average Bonchev–Trinajstić information content (AvgIpc) is 3.05. The molecule has 46 heavy (non-hydrogen) atoms. The monoisotopic (exact) mass is 631 g/mol. The Morgan fingerprint density at radius 2 is 1.59 bits per heavy atom. The zero-order valence-electron chi connectivity index (χ0n) is 25.0. The van der Waals surface area contributed by atoms with E-state index in [0.717, 1.165) is 23.4 Å². The van der Waals surface area contributed by atoms with Crippen LogP contribution in [0, 0.1) is 6.92 Å². The zero-order valence-corrected chi connectivity index (χ0v) is 25.0. The first kappa shape index (κ1) is 33.2. The minimum Gasteiger partial charge on any atom is -0.444 e. The lowest BCUT2D eigenvalue weighted by atomic mass is 9.98. The molecular formula is C33H31F2N5O6. The summed E-state index contributed by atoms with van der Waals surface area (Å²) in [5, 5.41) is 6.35. The molecule has 0 bridgehead atoms. The van der Waals surface area contributed by atoms with Crippen molar-refractivity contribution in [2.75, 3.05) is 12.4 Å². The molecule has 0 aliphatic heterocycles. The highest BCUT2D eigenvalue weighted by Crippen LogP contribution is 2.21. The van der Waals surface area contributed by atoms with Crippen molar-refractivity contribution in [1.82, 2.24) is 20.2 Å². The van der Waals surface area contributed by atoms with Gasteiger partial charge in [-0.25, -0.2) is 9.78 Å². The van der Waals surface area contributed by atoms with E-state index in [4.69, 9.17) is 4.74 Å². The first-order valence-electron chi connectivity index (χ1n) is 14.1. The minimum atomic E-state index is -4.45. The van der Waals surface area contributed by atoms with Crippen molar-refractivity contribution in [3.05, 3.63) is 118 Å². The Labute approximate surface area is 262 Å². The summed E-state index contributed by atoms with van der Waals surface area (Å²) in [6.45, 7) is 0.965. The van der Waals surface area contributed by atoms with Gasteiger partial charge < -0.3 is 15.4 Å². The molecule has 13 heteroatoms. The molecule has 4 aromatic rings. The normalized spacial score (nSPS) is 11.7. The van der Waals surface area contributed by atoms with Gasteiger partial charge in [0, 0.05) is 19.0 Å². The van der Waals surface area contributed by atoms with Crippen molar-refractivity contribution in [3.63, 3.8) is 0 Å². The first-order chi connectivity index (χ1) is 22.0. The Hall–Kier alpha value is -5.72. The third kappa shape index (κ3) is 8.25. The summed E-state index contributed by atoms with van der Waals surface area (Å²) in [6.07, 6.45) is -0.193. The van der Waals surface area contributed by atoms with Gasteiger partial charge in [0.15, 0.2) is 0 Å². The van der Waals surface area contributed by atoms with Gasteiger partial charge in [-0.2, -0.15) is 8.78 Å². The summed E-state index contributed by atoms with van der Waals surface area (Å²) in [7, 11) is 0.957. The molecule has 0 aliphatic carbocycles. The van der Waals surface area contributed by atoms with Crippen LogP contribution in [0.1, 0.15) is 16.7 Å². The number of rotatable bonds is 12. The number of amides is 3. The van der Waals surface area contributed by atoms with E-state index in [1.165, 1.54) is 0 Å². The number of ketones is 1. The number of nitrogens with one attached hydrogen (secondary N) is 3. The summed E-state index contributed by atoms with van der Waals surface area (Å²) >= 11 is 0. The van der Waals surface area contributed by atoms with Gasteiger partial charge in [0.1, 0.15) is 24.7 Å². The lowest BCUT2D eigenvalue weighted by Gasteiger charge is -2.23. The van der Waals surface area contributed by atoms with Crippen LogP contribution in [-0.4, -0.2) is 52.3 Å². The van der Waals surface area contributed by atoms with E-state index >= 15 is 0 Å². The van der Waals surface area contributed by atoms with E-state index in [2.05, 4.69) is 15.6 Å². The van der Waals surface area contributed by atoms with Crippen LogP contribution in [0.3, 0.4) is 0 Å². The second kappa shape index (κ2) is 14.8. The Bertz CT molecular complexity index is 1780. The smallest absolute Gasteiger partial charge is 0.412 e. The van der Waals surface area contributed by atoms with Crippen molar-refractivity contribution in [3.8, 4) is 11.4 Å². The topological polar surface area (TPSA) is 148 Å². The molecule has 1 unspecified atom stereocenters. The second-order valence-corrected chi connectivity index (χ2v) is 10.3. The van der Waals surface area contributed by atoms with Crippen molar-refractivity contribution >= 4 is 29.4 Å². The molecule has 0 aliphatic rings. The minimum absolute atomic E-state index is 0.0358. The van der Waals surface area contributed by atoms with Gasteiger partial charge in [-0.05, 0) is 24.1 Å². The first-order valence-corrected chi connectivity index (χ1v) is 14.1. The lowest BCUT2D eigenvalue weighted by Crippen LogP contribution is -2.55. The van der Waals surface area contributed by atoms with Crippen LogP contribution in [0.25, 0.3) is 11.4 Å². The highest BCUT2D eigenvalue weighted by Gasteiger charge is 2.50. The number of halogens is 2. The number of carbonyl (C=O) groups excluding carboxylic acids is 4. The fourth-order valence-electron chi connectivity index (χ4n) is 4.54. The molecular weight excluding hydrogens is 600 g/mol. The van der Waals surface area contributed by atoms with Crippen molar-refractivity contribution in [2.24, 2.45) is 0 Å². The highest BCUT2D eigenvalue weighted by atomic mass is 19.3. The Morgan fingerprint density at radius 1 is 0.935 bits per heavy atom. The molecule has 4 rings (SSSR count). The number of hydrogen-bond donors (Lipinski definition) is 3. The molecule has 3 amide bonds. The second-order valence-electron chi connectivity index (χ2n) is 10.3. The maximum absolute atomic E-state index is 14.7. The third-order valence-electron chi connectivity index (χ3n) is 6.83. The maximum atomic E-state index is 14.7. The summed E-state index contributed by atoms with van der Waals surface area (Å²) in [6, 6.07) is 22.0. The molecule has 1 heterocycles. The number of benzene rings is 3. The van der Waals surface area contributed by atoms with E-state index < -0.39 is 47.8 Å². The van der Waals surface area contributed by atoms with Gasteiger partial charge in [-0.1, -0.05) is 84.4 Å². The van der Waals surface area contributed by atoms with Gasteiger partial charge >= 0.3 is 12.0 Å². The number of hydrogen-bond acceptors (Lipinski definition) is 7. The predicted molar refractivity (Wildman–Crippen MR) is 165 cm³/mol. The number of aryl methyl sites for hydroxylation is 1. The molecule has 11 nitrogen and oxygen atoms in total. The van der Waals surface area contributed by atoms with Crippen LogP contribution < -0.4 is 21.5 Å². The van der Waals surface area contributed by atoms with Crippen LogP contribution >= 0.6 is 0 Å². The number of alkyl halides is 2. The predicted octanol–water partition coefficient (Wildman–Crippen LogP) is 3.65. The standard InChI is InChI=1S/C33H31F2N5O6/c1-21-10-9-15-24(16-21)29-37-18-26(39-32(45)46-20-23-13-7-4-8-14-23)30(43)40(29)19-27(41)38-25(17-22-11-5-3-6-12-22)28(42)33(34,35)31(44)36-2/h3-16,18,25H,17,19-20H2,1-2H3,(H,36,44)(H,38,41)(H,39,45). The summed E-state index contributed by atoms with van der Waals surface area (Å²) in [5.74, 6) is -9.07. The lowest BCUT2D eigenvalue weighted by molar-refractivity contribution is -0.160. The molecule has 1 aromatic heterocycles. The Balaban J connectivity index is 1.64. The van der Waals surface area contributed by atoms with Crippen LogP contribution in [0.5, 0.6) is 0 Å². The van der Waals surface area contributed by atoms with Crippen LogP contribution in [0.2, 0.25) is 0 Å². The molecule has 3 aromatic carbocycles. The maximum Gasteiger partial charge on any atom is 0.412 e. The van der Waals surface area contributed by atoms with Crippen molar-refractivity contribution in [1.29, 1.82) is 0 Å². The van der Waals surface area contributed by atoms with Gasteiger partial charge in [0.05, 0.1) is 12.2 Å². The number of ether oxygens (including phenoxy) is 1. The fraction of sp³-hybridized carbons (Fsp3) is 0.212. The van der Waals surface area contributed by atoms with E-state index in [1.54, 1.807) is 84.2 Å². The van der Waals surface area contributed by atoms with Gasteiger partial charge in [0.25, 0.3) is 11.5 Å². The van der Waals surface area contributed by atoms with Crippen molar-refractivity contribution in [2.45, 2.75) is 38.5 Å².